The first-order valence-electron chi connectivity index (χ1n) is 5.93. The molecular formula is C12H14F3N3O. The molecule has 1 aliphatic rings. The van der Waals surface area contributed by atoms with Crippen molar-refractivity contribution in [1.29, 1.82) is 0 Å². The van der Waals surface area contributed by atoms with E-state index in [1.54, 1.807) is 7.05 Å². The number of amides is 1. The molecule has 1 heterocycles. The zero-order valence-corrected chi connectivity index (χ0v) is 10.4. The SMILES string of the molecule is CNc1ncccc1C(=O)N(CC(F)(F)F)C1CC1. The largest absolute Gasteiger partial charge is 0.406 e. The number of anilines is 1. The lowest BCUT2D eigenvalue weighted by Crippen LogP contribution is -2.40. The number of alkyl halides is 3. The summed E-state index contributed by atoms with van der Waals surface area (Å²) in [6, 6.07) is 2.71. The molecule has 0 aromatic carbocycles. The summed E-state index contributed by atoms with van der Waals surface area (Å²) in [5.74, 6) is -0.336. The molecule has 1 aromatic heterocycles. The van der Waals surface area contributed by atoms with E-state index in [0.717, 1.165) is 4.90 Å². The van der Waals surface area contributed by atoms with Gasteiger partial charge in [-0.25, -0.2) is 4.98 Å². The highest BCUT2D eigenvalue weighted by Gasteiger charge is 2.41. The molecule has 1 fully saturated rings. The Morgan fingerprint density at radius 2 is 2.21 bits per heavy atom. The topological polar surface area (TPSA) is 45.2 Å². The number of hydrogen-bond donors (Lipinski definition) is 1. The van der Waals surface area contributed by atoms with Gasteiger partial charge >= 0.3 is 6.18 Å². The number of aromatic nitrogens is 1. The van der Waals surface area contributed by atoms with Gasteiger partial charge in [0.05, 0.1) is 5.56 Å². The van der Waals surface area contributed by atoms with Crippen LogP contribution in [0.15, 0.2) is 18.3 Å². The van der Waals surface area contributed by atoms with Crippen LogP contribution in [0.2, 0.25) is 0 Å². The van der Waals surface area contributed by atoms with Gasteiger partial charge in [0.1, 0.15) is 12.4 Å². The van der Waals surface area contributed by atoms with Gasteiger partial charge in [-0.15, -0.1) is 0 Å². The van der Waals surface area contributed by atoms with Crippen molar-refractivity contribution < 1.29 is 18.0 Å². The molecule has 0 unspecified atom stereocenters. The van der Waals surface area contributed by atoms with Gasteiger partial charge in [0.2, 0.25) is 0 Å². The van der Waals surface area contributed by atoms with E-state index >= 15 is 0 Å². The van der Waals surface area contributed by atoms with E-state index < -0.39 is 18.6 Å². The molecule has 4 nitrogen and oxygen atoms in total. The molecule has 0 atom stereocenters. The van der Waals surface area contributed by atoms with Gasteiger partial charge in [0.25, 0.3) is 5.91 Å². The number of carbonyl (C=O) groups is 1. The smallest absolute Gasteiger partial charge is 0.372 e. The van der Waals surface area contributed by atoms with Crippen LogP contribution in [0.25, 0.3) is 0 Å². The maximum Gasteiger partial charge on any atom is 0.406 e. The Morgan fingerprint density at radius 1 is 1.53 bits per heavy atom. The third kappa shape index (κ3) is 3.36. The Morgan fingerprint density at radius 3 is 2.74 bits per heavy atom. The maximum absolute atomic E-state index is 12.5. The number of nitrogens with zero attached hydrogens (tertiary/aromatic N) is 2. The molecule has 104 valence electrons. The molecule has 0 radical (unpaired) electrons. The lowest BCUT2D eigenvalue weighted by Gasteiger charge is -2.24. The molecule has 0 bridgehead atoms. The van der Waals surface area contributed by atoms with Crippen molar-refractivity contribution in [2.75, 3.05) is 18.9 Å². The zero-order valence-electron chi connectivity index (χ0n) is 10.4. The fraction of sp³-hybridized carbons (Fsp3) is 0.500. The van der Waals surface area contributed by atoms with Crippen LogP contribution in [0.5, 0.6) is 0 Å². The Hall–Kier alpha value is -1.79. The van der Waals surface area contributed by atoms with Gasteiger partial charge < -0.3 is 10.2 Å². The molecule has 7 heteroatoms. The number of carbonyl (C=O) groups excluding carboxylic acids is 1. The van der Waals surface area contributed by atoms with E-state index in [-0.39, 0.29) is 11.6 Å². The third-order valence-corrected chi connectivity index (χ3v) is 2.87. The van der Waals surface area contributed by atoms with E-state index in [1.165, 1.54) is 18.3 Å². The predicted octanol–water partition coefficient (Wildman–Crippen LogP) is 2.29. The summed E-state index contributed by atoms with van der Waals surface area (Å²) in [5.41, 5.74) is 0.168. The second-order valence-corrected chi connectivity index (χ2v) is 4.43. The molecule has 19 heavy (non-hydrogen) atoms. The molecule has 1 N–H and O–H groups in total. The van der Waals surface area contributed by atoms with Gasteiger partial charge in [-0.05, 0) is 25.0 Å². The first-order valence-corrected chi connectivity index (χ1v) is 5.93. The van der Waals surface area contributed by atoms with E-state index in [2.05, 4.69) is 10.3 Å². The minimum Gasteiger partial charge on any atom is -0.372 e. The zero-order chi connectivity index (χ0) is 14.0. The van der Waals surface area contributed by atoms with Gasteiger partial charge in [-0.3, -0.25) is 4.79 Å². The van der Waals surface area contributed by atoms with Gasteiger partial charge in [0, 0.05) is 19.3 Å². The van der Waals surface area contributed by atoms with E-state index in [4.69, 9.17) is 0 Å². The summed E-state index contributed by atoms with van der Waals surface area (Å²) in [6.45, 7) is -1.21. The van der Waals surface area contributed by atoms with E-state index in [1.807, 2.05) is 0 Å². The summed E-state index contributed by atoms with van der Waals surface area (Å²) >= 11 is 0. The molecule has 0 aliphatic heterocycles. The average Bonchev–Trinajstić information content (AvgIpc) is 3.18. The van der Waals surface area contributed by atoms with Crippen LogP contribution in [-0.2, 0) is 0 Å². The normalized spacial score (nSPS) is 15.2. The Bertz CT molecular complexity index is 472. The molecule has 2 rings (SSSR count). The number of halogens is 3. The van der Waals surface area contributed by atoms with Crippen LogP contribution >= 0.6 is 0 Å². The summed E-state index contributed by atoms with van der Waals surface area (Å²) < 4.78 is 37.6. The second-order valence-electron chi connectivity index (χ2n) is 4.43. The predicted molar refractivity (Wildman–Crippen MR) is 63.9 cm³/mol. The van der Waals surface area contributed by atoms with Gasteiger partial charge in [-0.2, -0.15) is 13.2 Å². The van der Waals surface area contributed by atoms with Crippen molar-refractivity contribution >= 4 is 11.7 Å². The van der Waals surface area contributed by atoms with E-state index in [0.29, 0.717) is 18.7 Å². The quantitative estimate of drug-likeness (QED) is 0.915. The Balaban J connectivity index is 2.24. The van der Waals surface area contributed by atoms with Crippen LogP contribution in [0.1, 0.15) is 23.2 Å². The first kappa shape index (κ1) is 13.6. The molecule has 1 saturated carbocycles. The van der Waals surface area contributed by atoms with Crippen LogP contribution in [-0.4, -0.2) is 41.6 Å². The molecule has 1 aliphatic carbocycles. The third-order valence-electron chi connectivity index (χ3n) is 2.87. The van der Waals surface area contributed by atoms with Crippen molar-refractivity contribution in [3.05, 3.63) is 23.9 Å². The monoisotopic (exact) mass is 273 g/mol. The number of rotatable bonds is 4. The molecule has 0 saturated heterocycles. The molecule has 0 spiro atoms. The average molecular weight is 273 g/mol. The Kier molecular flexibility index (Phi) is 3.64. The summed E-state index contributed by atoms with van der Waals surface area (Å²) in [4.78, 5) is 17.1. The van der Waals surface area contributed by atoms with Crippen molar-refractivity contribution in [2.24, 2.45) is 0 Å². The fourth-order valence-electron chi connectivity index (χ4n) is 1.88. The number of pyridine rings is 1. The first-order chi connectivity index (χ1) is 8.92. The van der Waals surface area contributed by atoms with Crippen molar-refractivity contribution in [3.8, 4) is 0 Å². The summed E-state index contributed by atoms with van der Waals surface area (Å²) in [7, 11) is 1.57. The van der Waals surface area contributed by atoms with E-state index in [9.17, 15) is 18.0 Å². The highest BCUT2D eigenvalue weighted by Crippen LogP contribution is 2.32. The molecule has 1 amide bonds. The van der Waals surface area contributed by atoms with Crippen LogP contribution in [0.4, 0.5) is 19.0 Å². The van der Waals surface area contributed by atoms with Crippen molar-refractivity contribution in [2.45, 2.75) is 25.1 Å². The van der Waals surface area contributed by atoms with Crippen molar-refractivity contribution in [1.82, 2.24) is 9.88 Å². The summed E-state index contributed by atoms with van der Waals surface area (Å²) in [6.07, 6.45) is -1.66. The van der Waals surface area contributed by atoms with Gasteiger partial charge in [-0.1, -0.05) is 0 Å². The summed E-state index contributed by atoms with van der Waals surface area (Å²) in [5, 5.41) is 2.71. The minimum atomic E-state index is -4.39. The Labute approximate surface area is 108 Å². The van der Waals surface area contributed by atoms with Crippen LogP contribution in [0, 0.1) is 0 Å². The maximum atomic E-state index is 12.5. The highest BCUT2D eigenvalue weighted by atomic mass is 19.4. The lowest BCUT2D eigenvalue weighted by atomic mass is 10.2. The molecular weight excluding hydrogens is 259 g/mol. The van der Waals surface area contributed by atoms with Crippen molar-refractivity contribution in [3.63, 3.8) is 0 Å². The minimum absolute atomic E-state index is 0.168. The fourth-order valence-corrected chi connectivity index (χ4v) is 1.88. The highest BCUT2D eigenvalue weighted by molar-refractivity contribution is 5.99. The second kappa shape index (κ2) is 5.07. The van der Waals surface area contributed by atoms with Gasteiger partial charge in [0.15, 0.2) is 0 Å². The molecule has 1 aromatic rings. The van der Waals surface area contributed by atoms with Crippen LogP contribution in [0.3, 0.4) is 0 Å². The lowest BCUT2D eigenvalue weighted by molar-refractivity contribution is -0.141. The number of hydrogen-bond acceptors (Lipinski definition) is 3. The number of nitrogens with one attached hydrogen (secondary N) is 1. The standard InChI is InChI=1S/C12H14F3N3O/c1-16-10-9(3-2-6-17-10)11(19)18(8-4-5-8)7-12(13,14)15/h2-3,6,8H,4-5,7H2,1H3,(H,16,17). The van der Waals surface area contributed by atoms with Crippen LogP contribution < -0.4 is 5.32 Å².